The molecule has 3 saturated heterocycles. The summed E-state index contributed by atoms with van der Waals surface area (Å²) < 4.78 is 5.61. The van der Waals surface area contributed by atoms with Crippen LogP contribution < -0.4 is 0 Å². The first-order valence-corrected chi connectivity index (χ1v) is 10.4. The molecular weight excluding hydrogens is 340 g/mol. The molecular formula is C22H32N2O3. The summed E-state index contributed by atoms with van der Waals surface area (Å²) in [5.74, 6) is 1.17. The van der Waals surface area contributed by atoms with E-state index >= 15 is 0 Å². The first-order chi connectivity index (χ1) is 13.2. The number of rotatable bonds is 5. The third-order valence-electron chi connectivity index (χ3n) is 6.90. The van der Waals surface area contributed by atoms with E-state index in [1.165, 1.54) is 5.56 Å². The summed E-state index contributed by atoms with van der Waals surface area (Å²) in [5, 5.41) is 9.90. The summed E-state index contributed by atoms with van der Waals surface area (Å²) in [6.07, 6.45) is 3.82. The molecule has 2 atom stereocenters. The first-order valence-electron chi connectivity index (χ1n) is 10.4. The SMILES string of the molecule is O=C(CC1CCN(Cc2ccccc2)CC1)N1C[C@@H]2CCOC[C@]2(CO)C1. The topological polar surface area (TPSA) is 53.0 Å². The summed E-state index contributed by atoms with van der Waals surface area (Å²) in [5.41, 5.74) is 1.15. The monoisotopic (exact) mass is 372 g/mol. The van der Waals surface area contributed by atoms with Crippen molar-refractivity contribution in [1.82, 2.24) is 9.80 Å². The lowest BCUT2D eigenvalue weighted by Crippen LogP contribution is -2.43. The van der Waals surface area contributed by atoms with Gasteiger partial charge in [0.15, 0.2) is 0 Å². The second-order valence-corrected chi connectivity index (χ2v) is 8.74. The molecule has 0 spiro atoms. The number of amides is 1. The summed E-state index contributed by atoms with van der Waals surface area (Å²) in [4.78, 5) is 17.4. The zero-order chi connectivity index (χ0) is 18.7. The number of ether oxygens (including phenoxy) is 1. The van der Waals surface area contributed by atoms with Crippen molar-refractivity contribution in [2.75, 3.05) is 46.0 Å². The highest BCUT2D eigenvalue weighted by molar-refractivity contribution is 5.77. The Labute approximate surface area is 162 Å². The number of hydrogen-bond donors (Lipinski definition) is 1. The molecule has 5 heteroatoms. The Morgan fingerprint density at radius 3 is 2.67 bits per heavy atom. The van der Waals surface area contributed by atoms with E-state index in [9.17, 15) is 9.90 Å². The molecule has 0 radical (unpaired) electrons. The molecule has 0 aliphatic carbocycles. The second-order valence-electron chi connectivity index (χ2n) is 8.74. The van der Waals surface area contributed by atoms with Crippen LogP contribution in [0.1, 0.15) is 31.2 Å². The highest BCUT2D eigenvalue weighted by Gasteiger charge is 2.49. The van der Waals surface area contributed by atoms with Gasteiger partial charge < -0.3 is 14.7 Å². The third-order valence-corrected chi connectivity index (χ3v) is 6.90. The van der Waals surface area contributed by atoms with Crippen LogP contribution in [0, 0.1) is 17.3 Å². The molecule has 0 bridgehead atoms. The van der Waals surface area contributed by atoms with Crippen LogP contribution in [0.2, 0.25) is 0 Å². The van der Waals surface area contributed by atoms with Gasteiger partial charge in [0, 0.05) is 38.1 Å². The molecule has 3 fully saturated rings. The van der Waals surface area contributed by atoms with E-state index in [2.05, 4.69) is 35.2 Å². The molecule has 3 aliphatic rings. The highest BCUT2D eigenvalue weighted by Crippen LogP contribution is 2.41. The van der Waals surface area contributed by atoms with Crippen molar-refractivity contribution in [3.05, 3.63) is 35.9 Å². The number of benzene rings is 1. The quantitative estimate of drug-likeness (QED) is 0.861. The Kier molecular flexibility index (Phi) is 5.81. The van der Waals surface area contributed by atoms with Crippen molar-refractivity contribution < 1.29 is 14.6 Å². The van der Waals surface area contributed by atoms with Gasteiger partial charge in [0.25, 0.3) is 0 Å². The largest absolute Gasteiger partial charge is 0.396 e. The number of carbonyl (C=O) groups is 1. The minimum atomic E-state index is -0.215. The smallest absolute Gasteiger partial charge is 0.222 e. The third kappa shape index (κ3) is 4.20. The minimum absolute atomic E-state index is 0.124. The van der Waals surface area contributed by atoms with Gasteiger partial charge in [-0.05, 0) is 49.8 Å². The molecule has 4 rings (SSSR count). The maximum Gasteiger partial charge on any atom is 0.222 e. The van der Waals surface area contributed by atoms with Gasteiger partial charge in [-0.3, -0.25) is 9.69 Å². The van der Waals surface area contributed by atoms with E-state index in [-0.39, 0.29) is 17.9 Å². The van der Waals surface area contributed by atoms with Crippen LogP contribution in [0.25, 0.3) is 0 Å². The number of likely N-dealkylation sites (tertiary alicyclic amines) is 2. The molecule has 1 amide bonds. The molecule has 148 valence electrons. The van der Waals surface area contributed by atoms with Gasteiger partial charge in [0.05, 0.1) is 13.2 Å². The maximum absolute atomic E-state index is 12.9. The van der Waals surface area contributed by atoms with Gasteiger partial charge >= 0.3 is 0 Å². The average molecular weight is 373 g/mol. The van der Waals surface area contributed by atoms with Crippen LogP contribution in [0.15, 0.2) is 30.3 Å². The Hall–Kier alpha value is -1.43. The molecule has 0 aromatic heterocycles. The summed E-state index contributed by atoms with van der Waals surface area (Å²) >= 11 is 0. The van der Waals surface area contributed by atoms with Gasteiger partial charge in [-0.1, -0.05) is 30.3 Å². The van der Waals surface area contributed by atoms with Crippen LogP contribution in [0.4, 0.5) is 0 Å². The number of aliphatic hydroxyl groups is 1. The van der Waals surface area contributed by atoms with Crippen LogP contribution >= 0.6 is 0 Å². The fraction of sp³-hybridized carbons (Fsp3) is 0.682. The Bertz CT molecular complexity index is 630. The number of nitrogens with zero attached hydrogens (tertiary/aromatic N) is 2. The molecule has 3 aliphatic heterocycles. The van der Waals surface area contributed by atoms with Crippen LogP contribution in [0.5, 0.6) is 0 Å². The lowest BCUT2D eigenvalue weighted by atomic mass is 9.76. The molecule has 1 aromatic rings. The van der Waals surface area contributed by atoms with E-state index in [0.29, 0.717) is 31.4 Å². The lowest BCUT2D eigenvalue weighted by Gasteiger charge is -2.36. The van der Waals surface area contributed by atoms with E-state index in [4.69, 9.17) is 4.74 Å². The number of carbonyl (C=O) groups excluding carboxylic acids is 1. The van der Waals surface area contributed by atoms with Gasteiger partial charge in [0.1, 0.15) is 0 Å². The number of fused-ring (bicyclic) bond motifs is 1. The molecule has 1 aromatic carbocycles. The molecule has 3 heterocycles. The van der Waals surface area contributed by atoms with Crippen LogP contribution in [0.3, 0.4) is 0 Å². The Morgan fingerprint density at radius 2 is 1.96 bits per heavy atom. The normalized spacial score (nSPS) is 29.7. The molecule has 1 N–H and O–H groups in total. The van der Waals surface area contributed by atoms with Gasteiger partial charge in [0.2, 0.25) is 5.91 Å². The van der Waals surface area contributed by atoms with Crippen molar-refractivity contribution >= 4 is 5.91 Å². The summed E-state index contributed by atoms with van der Waals surface area (Å²) in [6, 6.07) is 10.6. The average Bonchev–Trinajstić information content (AvgIpc) is 3.11. The number of aliphatic hydroxyl groups excluding tert-OH is 1. The molecule has 0 unspecified atom stereocenters. The second kappa shape index (κ2) is 8.29. The molecule has 5 nitrogen and oxygen atoms in total. The molecule has 0 saturated carbocycles. The predicted molar refractivity (Wildman–Crippen MR) is 104 cm³/mol. The molecule has 27 heavy (non-hydrogen) atoms. The van der Waals surface area contributed by atoms with E-state index in [0.717, 1.165) is 52.0 Å². The van der Waals surface area contributed by atoms with Crippen LogP contribution in [-0.4, -0.2) is 66.8 Å². The van der Waals surface area contributed by atoms with Crippen molar-refractivity contribution in [3.8, 4) is 0 Å². The van der Waals surface area contributed by atoms with E-state index in [1.54, 1.807) is 0 Å². The maximum atomic E-state index is 12.9. The zero-order valence-corrected chi connectivity index (χ0v) is 16.2. The Balaban J connectivity index is 1.25. The number of hydrogen-bond acceptors (Lipinski definition) is 4. The van der Waals surface area contributed by atoms with Crippen molar-refractivity contribution in [2.24, 2.45) is 17.3 Å². The lowest BCUT2D eigenvalue weighted by molar-refractivity contribution is -0.132. The van der Waals surface area contributed by atoms with Crippen molar-refractivity contribution in [3.63, 3.8) is 0 Å². The fourth-order valence-corrected chi connectivity index (χ4v) is 5.08. The summed E-state index contributed by atoms with van der Waals surface area (Å²) in [6.45, 7) is 6.10. The van der Waals surface area contributed by atoms with E-state index < -0.39 is 0 Å². The van der Waals surface area contributed by atoms with Crippen LogP contribution in [-0.2, 0) is 16.1 Å². The van der Waals surface area contributed by atoms with Gasteiger partial charge in [-0.15, -0.1) is 0 Å². The number of piperidine rings is 1. The van der Waals surface area contributed by atoms with Crippen molar-refractivity contribution in [1.29, 1.82) is 0 Å². The summed E-state index contributed by atoms with van der Waals surface area (Å²) in [7, 11) is 0. The fourth-order valence-electron chi connectivity index (χ4n) is 5.08. The van der Waals surface area contributed by atoms with E-state index in [1.807, 2.05) is 4.90 Å². The van der Waals surface area contributed by atoms with Gasteiger partial charge in [-0.2, -0.15) is 0 Å². The standard InChI is InChI=1S/C22H32N2O3/c25-16-22-15-24(14-20(22)8-11-27-17-22)21(26)12-18-6-9-23(10-7-18)13-19-4-2-1-3-5-19/h1-5,18,20,25H,6-17H2/t20-,22+/m0/s1. The Morgan fingerprint density at radius 1 is 1.19 bits per heavy atom. The zero-order valence-electron chi connectivity index (χ0n) is 16.2. The first kappa shape index (κ1) is 18.9. The highest BCUT2D eigenvalue weighted by atomic mass is 16.5. The minimum Gasteiger partial charge on any atom is -0.396 e. The van der Waals surface area contributed by atoms with Crippen molar-refractivity contribution in [2.45, 2.75) is 32.2 Å². The van der Waals surface area contributed by atoms with Gasteiger partial charge in [-0.25, -0.2) is 0 Å². The predicted octanol–water partition coefficient (Wildman–Crippen LogP) is 2.15.